The molecule has 0 saturated carbocycles. The first-order chi connectivity index (χ1) is 8.24. The lowest BCUT2D eigenvalue weighted by molar-refractivity contribution is 0.114. The van der Waals surface area contributed by atoms with E-state index in [2.05, 4.69) is 10.3 Å². The van der Waals surface area contributed by atoms with Gasteiger partial charge in [0, 0.05) is 11.8 Å². The standard InChI is InChI=1S/C13H19FN2O/c1-2-7-17-12-8-11(9-16-10-12)13(14)3-5-15-6-4-13/h8-10,15H,2-7H2,1H3. The first-order valence-electron chi connectivity index (χ1n) is 6.22. The van der Waals surface area contributed by atoms with Crippen LogP contribution >= 0.6 is 0 Å². The van der Waals surface area contributed by atoms with Gasteiger partial charge in [0.2, 0.25) is 0 Å². The maximum absolute atomic E-state index is 14.7. The molecule has 1 N–H and O–H groups in total. The Bertz CT molecular complexity index is 364. The maximum Gasteiger partial charge on any atom is 0.140 e. The molecule has 2 rings (SSSR count). The van der Waals surface area contributed by atoms with Crippen LogP contribution in [0, 0.1) is 0 Å². The first-order valence-corrected chi connectivity index (χ1v) is 6.22. The zero-order chi connectivity index (χ0) is 12.1. The summed E-state index contributed by atoms with van der Waals surface area (Å²) in [5.41, 5.74) is -0.600. The van der Waals surface area contributed by atoms with Gasteiger partial charge in [-0.25, -0.2) is 4.39 Å². The van der Waals surface area contributed by atoms with Gasteiger partial charge in [-0.15, -0.1) is 0 Å². The summed E-state index contributed by atoms with van der Waals surface area (Å²) in [5, 5.41) is 3.17. The van der Waals surface area contributed by atoms with E-state index >= 15 is 0 Å². The molecule has 0 atom stereocenters. The fourth-order valence-electron chi connectivity index (χ4n) is 2.07. The predicted octanol–water partition coefficient (Wildman–Crippen LogP) is 2.42. The van der Waals surface area contributed by atoms with Gasteiger partial charge in [0.1, 0.15) is 11.4 Å². The van der Waals surface area contributed by atoms with E-state index in [1.165, 1.54) is 0 Å². The fraction of sp³-hybridized carbons (Fsp3) is 0.615. The van der Waals surface area contributed by atoms with Crippen molar-refractivity contribution in [3.63, 3.8) is 0 Å². The van der Waals surface area contributed by atoms with Crippen molar-refractivity contribution in [2.75, 3.05) is 19.7 Å². The summed E-state index contributed by atoms with van der Waals surface area (Å²) in [6, 6.07) is 1.79. The minimum atomic E-state index is -1.25. The third-order valence-electron chi connectivity index (χ3n) is 3.10. The van der Waals surface area contributed by atoms with Gasteiger partial charge in [0.25, 0.3) is 0 Å². The summed E-state index contributed by atoms with van der Waals surface area (Å²) in [6.07, 6.45) is 5.21. The van der Waals surface area contributed by atoms with Crippen molar-refractivity contribution in [3.8, 4) is 5.75 Å². The number of nitrogens with zero attached hydrogens (tertiary/aromatic N) is 1. The Kier molecular flexibility index (Phi) is 3.94. The van der Waals surface area contributed by atoms with Gasteiger partial charge < -0.3 is 10.1 Å². The largest absolute Gasteiger partial charge is 0.492 e. The van der Waals surface area contributed by atoms with Gasteiger partial charge in [0.05, 0.1) is 12.8 Å². The molecule has 1 aromatic rings. The zero-order valence-electron chi connectivity index (χ0n) is 10.2. The number of hydrogen-bond acceptors (Lipinski definition) is 3. The van der Waals surface area contributed by atoms with E-state index in [4.69, 9.17) is 4.74 Å². The van der Waals surface area contributed by atoms with Gasteiger partial charge >= 0.3 is 0 Å². The van der Waals surface area contributed by atoms with Crippen LogP contribution in [0.25, 0.3) is 0 Å². The Morgan fingerprint density at radius 3 is 2.88 bits per heavy atom. The van der Waals surface area contributed by atoms with Gasteiger partial charge in [-0.3, -0.25) is 4.98 Å². The van der Waals surface area contributed by atoms with E-state index in [1.807, 2.05) is 6.92 Å². The van der Waals surface area contributed by atoms with Crippen molar-refractivity contribution in [1.29, 1.82) is 0 Å². The number of ether oxygens (including phenoxy) is 1. The Balaban J connectivity index is 2.14. The summed E-state index contributed by atoms with van der Waals surface area (Å²) >= 11 is 0. The highest BCUT2D eigenvalue weighted by Gasteiger charge is 2.34. The number of pyridine rings is 1. The first kappa shape index (κ1) is 12.3. The molecule has 1 saturated heterocycles. The molecule has 0 unspecified atom stereocenters. The second-order valence-corrected chi connectivity index (χ2v) is 4.47. The van der Waals surface area contributed by atoms with E-state index in [0.717, 1.165) is 19.5 Å². The van der Waals surface area contributed by atoms with E-state index in [9.17, 15) is 4.39 Å². The molecular formula is C13H19FN2O. The second-order valence-electron chi connectivity index (χ2n) is 4.47. The topological polar surface area (TPSA) is 34.1 Å². The van der Waals surface area contributed by atoms with Gasteiger partial charge in [-0.1, -0.05) is 6.92 Å². The van der Waals surface area contributed by atoms with Crippen LogP contribution in [-0.2, 0) is 5.67 Å². The number of halogens is 1. The third kappa shape index (κ3) is 2.94. The Labute approximate surface area is 101 Å². The predicted molar refractivity (Wildman–Crippen MR) is 64.9 cm³/mol. The molecule has 0 amide bonds. The molecule has 4 heteroatoms. The smallest absolute Gasteiger partial charge is 0.140 e. The lowest BCUT2D eigenvalue weighted by Crippen LogP contribution is -2.36. The highest BCUT2D eigenvalue weighted by atomic mass is 19.1. The lowest BCUT2D eigenvalue weighted by Gasteiger charge is -2.30. The van der Waals surface area contributed by atoms with E-state index in [-0.39, 0.29) is 0 Å². The molecule has 1 aliphatic rings. The molecular weight excluding hydrogens is 219 g/mol. The van der Waals surface area contributed by atoms with Crippen LogP contribution in [0.5, 0.6) is 5.75 Å². The summed E-state index contributed by atoms with van der Waals surface area (Å²) < 4.78 is 20.2. The fourth-order valence-corrected chi connectivity index (χ4v) is 2.07. The molecule has 17 heavy (non-hydrogen) atoms. The van der Waals surface area contributed by atoms with Crippen LogP contribution in [-0.4, -0.2) is 24.7 Å². The highest BCUT2D eigenvalue weighted by molar-refractivity contribution is 5.28. The highest BCUT2D eigenvalue weighted by Crippen LogP contribution is 2.35. The number of hydrogen-bond donors (Lipinski definition) is 1. The maximum atomic E-state index is 14.7. The Morgan fingerprint density at radius 1 is 1.41 bits per heavy atom. The van der Waals surface area contributed by atoms with Crippen LogP contribution < -0.4 is 10.1 Å². The Hall–Kier alpha value is -1.16. The average Bonchev–Trinajstić information content (AvgIpc) is 2.38. The van der Waals surface area contributed by atoms with E-state index in [1.54, 1.807) is 18.5 Å². The lowest BCUT2D eigenvalue weighted by atomic mass is 9.88. The molecule has 0 aromatic carbocycles. The van der Waals surface area contributed by atoms with Crippen LogP contribution in [0.3, 0.4) is 0 Å². The van der Waals surface area contributed by atoms with Crippen molar-refractivity contribution < 1.29 is 9.13 Å². The normalized spacial score (nSPS) is 18.9. The zero-order valence-corrected chi connectivity index (χ0v) is 10.2. The third-order valence-corrected chi connectivity index (χ3v) is 3.10. The van der Waals surface area contributed by atoms with E-state index < -0.39 is 5.67 Å². The van der Waals surface area contributed by atoms with Gasteiger partial charge in [0.15, 0.2) is 0 Å². The minimum absolute atomic E-state index is 0.506. The molecule has 0 bridgehead atoms. The van der Waals surface area contributed by atoms with E-state index in [0.29, 0.717) is 30.8 Å². The number of piperidine rings is 1. The molecule has 0 spiro atoms. The SMILES string of the molecule is CCCOc1cncc(C2(F)CCNCC2)c1. The van der Waals surface area contributed by atoms with Crippen LogP contribution in [0.4, 0.5) is 4.39 Å². The van der Waals surface area contributed by atoms with Crippen molar-refractivity contribution in [1.82, 2.24) is 10.3 Å². The molecule has 1 aromatic heterocycles. The summed E-state index contributed by atoms with van der Waals surface area (Å²) in [4.78, 5) is 4.07. The molecule has 1 fully saturated rings. The molecule has 0 aliphatic carbocycles. The van der Waals surface area contributed by atoms with Crippen molar-refractivity contribution >= 4 is 0 Å². The summed E-state index contributed by atoms with van der Waals surface area (Å²) in [5.74, 6) is 0.667. The molecule has 94 valence electrons. The molecule has 1 aliphatic heterocycles. The van der Waals surface area contributed by atoms with Crippen LogP contribution in [0.1, 0.15) is 31.7 Å². The summed E-state index contributed by atoms with van der Waals surface area (Å²) in [7, 11) is 0. The second kappa shape index (κ2) is 5.45. The van der Waals surface area contributed by atoms with Crippen LogP contribution in [0.15, 0.2) is 18.5 Å². The number of alkyl halides is 1. The van der Waals surface area contributed by atoms with Gasteiger partial charge in [-0.2, -0.15) is 0 Å². The summed E-state index contributed by atoms with van der Waals surface area (Å²) in [6.45, 7) is 4.12. The van der Waals surface area contributed by atoms with Crippen molar-refractivity contribution in [3.05, 3.63) is 24.0 Å². The van der Waals surface area contributed by atoms with Gasteiger partial charge in [-0.05, 0) is 38.4 Å². The quantitative estimate of drug-likeness (QED) is 0.874. The minimum Gasteiger partial charge on any atom is -0.492 e. The number of nitrogens with one attached hydrogen (secondary N) is 1. The monoisotopic (exact) mass is 238 g/mol. The number of aromatic nitrogens is 1. The number of rotatable bonds is 4. The van der Waals surface area contributed by atoms with Crippen molar-refractivity contribution in [2.24, 2.45) is 0 Å². The molecule has 0 radical (unpaired) electrons. The Morgan fingerprint density at radius 2 is 2.18 bits per heavy atom. The van der Waals surface area contributed by atoms with Crippen molar-refractivity contribution in [2.45, 2.75) is 31.9 Å². The average molecular weight is 238 g/mol. The molecule has 2 heterocycles. The van der Waals surface area contributed by atoms with Crippen LogP contribution in [0.2, 0.25) is 0 Å². The molecule has 3 nitrogen and oxygen atoms in total.